The molecule has 1 aromatic rings. The van der Waals surface area contributed by atoms with E-state index >= 15 is 0 Å². The van der Waals surface area contributed by atoms with Crippen molar-refractivity contribution in [3.05, 3.63) is 29.8 Å². The lowest BCUT2D eigenvalue weighted by molar-refractivity contribution is 0.299. The SMILES string of the molecule is [2H]C([2H])([2H])Oc1ccc(CCO)cc1. The molecule has 0 aromatic heterocycles. The molecule has 1 aromatic carbocycles. The first-order valence-electron chi connectivity index (χ1n) is 4.90. The van der Waals surface area contributed by atoms with Gasteiger partial charge in [0.2, 0.25) is 0 Å². The van der Waals surface area contributed by atoms with Gasteiger partial charge in [0.1, 0.15) is 5.75 Å². The Morgan fingerprint density at radius 2 is 2.18 bits per heavy atom. The van der Waals surface area contributed by atoms with Crippen molar-refractivity contribution in [3.8, 4) is 5.75 Å². The van der Waals surface area contributed by atoms with E-state index in [2.05, 4.69) is 4.74 Å². The van der Waals surface area contributed by atoms with Crippen LogP contribution in [-0.2, 0) is 6.42 Å². The van der Waals surface area contributed by atoms with Gasteiger partial charge in [-0.15, -0.1) is 0 Å². The van der Waals surface area contributed by atoms with Crippen molar-refractivity contribution in [2.24, 2.45) is 0 Å². The van der Waals surface area contributed by atoms with Crippen molar-refractivity contribution in [1.82, 2.24) is 0 Å². The lowest BCUT2D eigenvalue weighted by Gasteiger charge is -2.00. The summed E-state index contributed by atoms with van der Waals surface area (Å²) in [5.41, 5.74) is 0.949. The molecule has 0 aliphatic rings. The Bertz CT molecular complexity index is 279. The monoisotopic (exact) mass is 155 g/mol. The summed E-state index contributed by atoms with van der Waals surface area (Å²) in [6.45, 7) is 0.0828. The first-order valence-corrected chi connectivity index (χ1v) is 3.40. The second-order valence-electron chi connectivity index (χ2n) is 2.22. The van der Waals surface area contributed by atoms with E-state index in [0.29, 0.717) is 12.2 Å². The third-order valence-electron chi connectivity index (χ3n) is 1.44. The van der Waals surface area contributed by atoms with Gasteiger partial charge in [0.05, 0.1) is 11.2 Å². The van der Waals surface area contributed by atoms with Gasteiger partial charge in [-0.2, -0.15) is 0 Å². The Hall–Kier alpha value is -1.02. The Morgan fingerprint density at radius 1 is 1.45 bits per heavy atom. The van der Waals surface area contributed by atoms with Crippen molar-refractivity contribution in [2.45, 2.75) is 6.42 Å². The molecule has 0 unspecified atom stereocenters. The van der Waals surface area contributed by atoms with Gasteiger partial charge in [-0.05, 0) is 24.1 Å². The molecule has 2 nitrogen and oxygen atoms in total. The van der Waals surface area contributed by atoms with Crippen LogP contribution >= 0.6 is 0 Å². The van der Waals surface area contributed by atoms with Crippen LogP contribution < -0.4 is 4.74 Å². The maximum atomic E-state index is 8.65. The summed E-state index contributed by atoms with van der Waals surface area (Å²) in [5.74, 6) is 0.312. The molecule has 2 heteroatoms. The van der Waals surface area contributed by atoms with Crippen LogP contribution in [0.1, 0.15) is 9.68 Å². The number of hydrogen-bond acceptors (Lipinski definition) is 2. The number of methoxy groups -OCH3 is 1. The summed E-state index contributed by atoms with van der Waals surface area (Å²) in [5, 5.41) is 8.65. The molecular weight excluding hydrogens is 140 g/mol. The van der Waals surface area contributed by atoms with Gasteiger partial charge in [-0.3, -0.25) is 0 Å². The molecule has 0 amide bonds. The number of hydrogen-bond donors (Lipinski definition) is 1. The Labute approximate surface area is 70.6 Å². The van der Waals surface area contributed by atoms with Crippen LogP contribution in [0.25, 0.3) is 0 Å². The zero-order valence-corrected chi connectivity index (χ0v) is 6.08. The van der Waals surface area contributed by atoms with E-state index < -0.39 is 7.04 Å². The predicted octanol–water partition coefficient (Wildman–Crippen LogP) is 1.23. The number of aliphatic hydroxyl groups excluding tert-OH is 1. The largest absolute Gasteiger partial charge is 0.497 e. The van der Waals surface area contributed by atoms with Crippen molar-refractivity contribution in [2.75, 3.05) is 13.6 Å². The molecule has 0 heterocycles. The quantitative estimate of drug-likeness (QED) is 0.711. The van der Waals surface area contributed by atoms with Crippen molar-refractivity contribution < 1.29 is 14.0 Å². The maximum Gasteiger partial charge on any atom is 0.118 e. The highest BCUT2D eigenvalue weighted by Crippen LogP contribution is 2.10. The van der Waals surface area contributed by atoms with E-state index in [1.165, 1.54) is 0 Å². The third-order valence-corrected chi connectivity index (χ3v) is 1.44. The van der Waals surface area contributed by atoms with Crippen LogP contribution in [0.4, 0.5) is 0 Å². The average Bonchev–Trinajstić information content (AvgIpc) is 2.06. The highest BCUT2D eigenvalue weighted by atomic mass is 16.5. The summed E-state index contributed by atoms with van der Waals surface area (Å²) in [6, 6.07) is 6.63. The predicted molar refractivity (Wildman–Crippen MR) is 43.8 cm³/mol. The van der Waals surface area contributed by atoms with Gasteiger partial charge in [0.25, 0.3) is 0 Å². The van der Waals surface area contributed by atoms with Crippen LogP contribution in [0.2, 0.25) is 0 Å². The van der Waals surface area contributed by atoms with Gasteiger partial charge < -0.3 is 9.84 Å². The zero-order valence-electron chi connectivity index (χ0n) is 9.08. The minimum absolute atomic E-state index is 0.0828. The Balaban J connectivity index is 2.64. The second kappa shape index (κ2) is 3.98. The van der Waals surface area contributed by atoms with Gasteiger partial charge in [-0.1, -0.05) is 12.1 Å². The molecule has 0 fully saturated rings. The fourth-order valence-corrected chi connectivity index (χ4v) is 0.853. The summed E-state index contributed by atoms with van der Waals surface area (Å²) in [7, 11) is -2.40. The fraction of sp³-hybridized carbons (Fsp3) is 0.333. The molecule has 0 spiro atoms. The highest BCUT2D eigenvalue weighted by Gasteiger charge is 1.91. The number of aliphatic hydroxyl groups is 1. The van der Waals surface area contributed by atoms with Gasteiger partial charge in [0, 0.05) is 6.61 Å². The molecule has 0 aliphatic carbocycles. The molecule has 60 valence electrons. The van der Waals surface area contributed by atoms with Crippen LogP contribution in [0.3, 0.4) is 0 Å². The van der Waals surface area contributed by atoms with Crippen molar-refractivity contribution >= 4 is 0 Å². The van der Waals surface area contributed by atoms with Crippen LogP contribution in [-0.4, -0.2) is 18.8 Å². The van der Waals surface area contributed by atoms with Crippen LogP contribution in [0, 0.1) is 0 Å². The molecule has 1 N–H and O–H groups in total. The van der Waals surface area contributed by atoms with Crippen molar-refractivity contribution in [3.63, 3.8) is 0 Å². The van der Waals surface area contributed by atoms with E-state index in [4.69, 9.17) is 9.22 Å². The zero-order chi connectivity index (χ0) is 10.6. The Morgan fingerprint density at radius 3 is 2.73 bits per heavy atom. The van der Waals surface area contributed by atoms with E-state index in [0.717, 1.165) is 5.56 Å². The standard InChI is InChI=1S/C9H12O2/c1-11-9-4-2-8(3-5-9)6-7-10/h2-5,10H,6-7H2,1H3/i1D3. The van der Waals surface area contributed by atoms with E-state index in [1.807, 2.05) is 0 Å². The summed E-state index contributed by atoms with van der Waals surface area (Å²) >= 11 is 0. The number of ether oxygens (including phenoxy) is 1. The smallest absolute Gasteiger partial charge is 0.118 e. The molecule has 0 aliphatic heterocycles. The Kier molecular flexibility index (Phi) is 1.73. The topological polar surface area (TPSA) is 29.5 Å². The van der Waals surface area contributed by atoms with Gasteiger partial charge in [-0.25, -0.2) is 0 Å². The average molecular weight is 155 g/mol. The lowest BCUT2D eigenvalue weighted by Crippen LogP contribution is -1.90. The van der Waals surface area contributed by atoms with E-state index in [-0.39, 0.29) is 6.61 Å². The third kappa shape index (κ3) is 2.24. The second-order valence-corrected chi connectivity index (χ2v) is 2.22. The van der Waals surface area contributed by atoms with Gasteiger partial charge >= 0.3 is 0 Å². The molecule has 0 atom stereocenters. The molecule has 0 saturated heterocycles. The summed E-state index contributed by atoms with van der Waals surface area (Å²) in [4.78, 5) is 0. The van der Waals surface area contributed by atoms with Crippen molar-refractivity contribution in [1.29, 1.82) is 0 Å². The summed E-state index contributed by atoms with van der Waals surface area (Å²) < 4.78 is 25.3. The van der Waals surface area contributed by atoms with Gasteiger partial charge in [0.15, 0.2) is 0 Å². The minimum atomic E-state index is -2.40. The molecule has 1 rings (SSSR count). The summed E-state index contributed by atoms with van der Waals surface area (Å²) in [6.07, 6.45) is 0.564. The molecular formula is C9H12O2. The number of rotatable bonds is 3. The molecule has 0 saturated carbocycles. The first-order chi connectivity index (χ1) is 6.51. The first kappa shape index (κ1) is 4.78. The van der Waals surface area contributed by atoms with E-state index in [1.54, 1.807) is 24.3 Å². The maximum absolute atomic E-state index is 8.65. The van der Waals surface area contributed by atoms with E-state index in [9.17, 15) is 0 Å². The van der Waals surface area contributed by atoms with Crippen LogP contribution in [0.15, 0.2) is 24.3 Å². The fourth-order valence-electron chi connectivity index (χ4n) is 0.853. The number of benzene rings is 1. The lowest BCUT2D eigenvalue weighted by atomic mass is 10.1. The highest BCUT2D eigenvalue weighted by molar-refractivity contribution is 5.27. The normalized spacial score (nSPS) is 14.8. The minimum Gasteiger partial charge on any atom is -0.497 e. The molecule has 11 heavy (non-hydrogen) atoms. The molecule has 0 bridgehead atoms. The molecule has 0 radical (unpaired) electrons. The van der Waals surface area contributed by atoms with Crippen LogP contribution in [0.5, 0.6) is 5.75 Å².